The van der Waals surface area contributed by atoms with Crippen molar-refractivity contribution < 1.29 is 17.2 Å². The Morgan fingerprint density at radius 2 is 1.74 bits per heavy atom. The third kappa shape index (κ3) is 4.62. The minimum absolute atomic E-state index is 0.156. The number of benzene rings is 1. The maximum Gasteiger partial charge on any atom is 0.264 e. The zero-order chi connectivity index (χ0) is 24.5. The molecule has 0 amide bonds. The first kappa shape index (κ1) is 23.4. The second-order valence-electron chi connectivity index (χ2n) is 7.62. The molecule has 1 aromatic carbocycles. The fourth-order valence-corrected chi connectivity index (χ4v) is 4.74. The fourth-order valence-electron chi connectivity index (χ4n) is 3.57. The van der Waals surface area contributed by atoms with Gasteiger partial charge < -0.3 is 0 Å². The molecule has 0 aliphatic carbocycles. The van der Waals surface area contributed by atoms with Crippen LogP contribution in [-0.2, 0) is 16.4 Å². The zero-order valence-corrected chi connectivity index (χ0v) is 19.5. The lowest BCUT2D eigenvalue weighted by Gasteiger charge is -2.16. The van der Waals surface area contributed by atoms with Gasteiger partial charge in [0.1, 0.15) is 22.9 Å². The molecule has 1 N–H and O–H groups in total. The molecule has 4 rings (SSSR count). The highest BCUT2D eigenvalue weighted by Crippen LogP contribution is 2.34. The van der Waals surface area contributed by atoms with Crippen molar-refractivity contribution in [1.29, 1.82) is 0 Å². The predicted molar refractivity (Wildman–Crippen MR) is 125 cm³/mol. The lowest BCUT2D eigenvalue weighted by Crippen LogP contribution is -2.16. The molecule has 0 radical (unpaired) electrons. The number of hydrogen-bond acceptors (Lipinski definition) is 6. The number of halogens is 2. The van der Waals surface area contributed by atoms with Crippen LogP contribution in [-0.4, -0.2) is 28.4 Å². The van der Waals surface area contributed by atoms with Gasteiger partial charge in [-0.2, -0.15) is 0 Å². The van der Waals surface area contributed by atoms with Gasteiger partial charge in [-0.1, -0.05) is 6.92 Å². The summed E-state index contributed by atoms with van der Waals surface area (Å²) >= 11 is 0. The Balaban J connectivity index is 1.83. The Morgan fingerprint density at radius 3 is 2.44 bits per heavy atom. The van der Waals surface area contributed by atoms with E-state index in [4.69, 9.17) is 0 Å². The number of pyridine rings is 2. The number of hydrogen-bond donors (Lipinski definition) is 1. The molecule has 0 fully saturated rings. The van der Waals surface area contributed by atoms with Gasteiger partial charge in [0.05, 0.1) is 22.8 Å². The topological polar surface area (TPSA) is 97.7 Å². The van der Waals surface area contributed by atoms with Gasteiger partial charge in [0.15, 0.2) is 0 Å². The van der Waals surface area contributed by atoms with Crippen LogP contribution in [0, 0.1) is 25.5 Å². The van der Waals surface area contributed by atoms with E-state index in [-0.39, 0.29) is 5.69 Å². The van der Waals surface area contributed by atoms with Crippen LogP contribution in [0.2, 0.25) is 0 Å². The highest BCUT2D eigenvalue weighted by Gasteiger charge is 2.22. The van der Waals surface area contributed by atoms with Crippen LogP contribution in [0.4, 0.5) is 14.5 Å². The summed E-state index contributed by atoms with van der Waals surface area (Å²) in [6.07, 6.45) is 5.38. The van der Waals surface area contributed by atoms with Crippen molar-refractivity contribution in [3.05, 3.63) is 83.8 Å². The Kier molecular flexibility index (Phi) is 6.34. The monoisotopic (exact) mass is 481 g/mol. The summed E-state index contributed by atoms with van der Waals surface area (Å²) in [7, 11) is -4.34. The number of aryl methyl sites for hydroxylation is 3. The van der Waals surface area contributed by atoms with Crippen LogP contribution in [0.1, 0.15) is 24.0 Å². The molecular formula is C24H21F2N5O2S. The molecule has 174 valence electrons. The number of nitrogens with zero attached hydrogens (tertiary/aromatic N) is 4. The van der Waals surface area contributed by atoms with Crippen molar-refractivity contribution in [2.24, 2.45) is 0 Å². The summed E-state index contributed by atoms with van der Waals surface area (Å²) in [5.74, 6) is -2.05. The summed E-state index contributed by atoms with van der Waals surface area (Å²) in [5.41, 5.74) is 4.88. The molecule has 3 aromatic heterocycles. The summed E-state index contributed by atoms with van der Waals surface area (Å²) in [4.78, 5) is 16.8. The molecular weight excluding hydrogens is 460 g/mol. The smallest absolute Gasteiger partial charge is 0.264 e. The molecule has 10 heteroatoms. The molecule has 0 spiro atoms. The Hall–Kier alpha value is -3.79. The maximum atomic E-state index is 14.2. The number of nitrogens with one attached hydrogen (secondary N) is 1. The predicted octanol–water partition coefficient (Wildman–Crippen LogP) is 4.86. The van der Waals surface area contributed by atoms with Crippen molar-refractivity contribution in [3.8, 4) is 22.4 Å². The SMILES string of the molecule is CCc1ncnc(-c2ccnc(C)c2)c1-c1cnc(C)c(NS(=O)(=O)c2ccc(F)cc2F)c1. The first-order valence-electron chi connectivity index (χ1n) is 10.4. The van der Waals surface area contributed by atoms with E-state index in [1.807, 2.05) is 26.0 Å². The molecule has 0 atom stereocenters. The van der Waals surface area contributed by atoms with Crippen LogP contribution < -0.4 is 4.72 Å². The van der Waals surface area contributed by atoms with Crippen LogP contribution in [0.15, 0.2) is 60.0 Å². The van der Waals surface area contributed by atoms with Crippen molar-refractivity contribution in [1.82, 2.24) is 19.9 Å². The number of anilines is 1. The van der Waals surface area contributed by atoms with Crippen molar-refractivity contribution in [2.45, 2.75) is 32.1 Å². The van der Waals surface area contributed by atoms with Crippen LogP contribution in [0.5, 0.6) is 0 Å². The third-order valence-electron chi connectivity index (χ3n) is 5.23. The Morgan fingerprint density at radius 1 is 0.941 bits per heavy atom. The largest absolute Gasteiger partial charge is 0.278 e. The molecule has 0 aliphatic rings. The van der Waals surface area contributed by atoms with E-state index in [0.717, 1.165) is 29.1 Å². The van der Waals surface area contributed by atoms with Gasteiger partial charge in [0.2, 0.25) is 0 Å². The standard InChI is InChI=1S/C24H21F2N5O2S/c1-4-20-23(24(30-13-29-20)16-7-8-27-14(2)9-16)17-10-21(15(3)28-12-17)31-34(32,33)22-6-5-18(25)11-19(22)26/h5-13,31H,4H2,1-3H3. The van der Waals surface area contributed by atoms with Crippen LogP contribution in [0.25, 0.3) is 22.4 Å². The third-order valence-corrected chi connectivity index (χ3v) is 6.63. The fraction of sp³-hybridized carbons (Fsp3) is 0.167. The van der Waals surface area contributed by atoms with Gasteiger partial charge >= 0.3 is 0 Å². The molecule has 3 heterocycles. The van der Waals surface area contributed by atoms with E-state index in [0.29, 0.717) is 35.0 Å². The first-order valence-corrected chi connectivity index (χ1v) is 11.9. The van der Waals surface area contributed by atoms with Crippen molar-refractivity contribution in [2.75, 3.05) is 4.72 Å². The second-order valence-corrected chi connectivity index (χ2v) is 9.27. The Bertz CT molecular complexity index is 1490. The average Bonchev–Trinajstić information content (AvgIpc) is 2.79. The second kappa shape index (κ2) is 9.22. The lowest BCUT2D eigenvalue weighted by molar-refractivity contribution is 0.551. The number of rotatable bonds is 6. The number of sulfonamides is 1. The minimum Gasteiger partial charge on any atom is -0.278 e. The van der Waals surface area contributed by atoms with Gasteiger partial charge in [0, 0.05) is 40.8 Å². The van der Waals surface area contributed by atoms with Gasteiger partial charge in [-0.25, -0.2) is 27.2 Å². The first-order chi connectivity index (χ1) is 16.2. The van der Waals surface area contributed by atoms with Gasteiger partial charge in [0.25, 0.3) is 10.0 Å². The van der Waals surface area contributed by atoms with Crippen molar-refractivity contribution >= 4 is 15.7 Å². The zero-order valence-electron chi connectivity index (χ0n) is 18.7. The number of aromatic nitrogens is 4. The van der Waals surface area contributed by atoms with E-state index < -0.39 is 26.6 Å². The molecule has 0 saturated carbocycles. The van der Waals surface area contributed by atoms with Crippen LogP contribution >= 0.6 is 0 Å². The van der Waals surface area contributed by atoms with E-state index in [1.54, 1.807) is 25.4 Å². The molecule has 0 saturated heterocycles. The van der Waals surface area contributed by atoms with E-state index >= 15 is 0 Å². The van der Waals surface area contributed by atoms with E-state index in [2.05, 4.69) is 24.7 Å². The van der Waals surface area contributed by atoms with Gasteiger partial charge in [-0.15, -0.1) is 0 Å². The summed E-state index contributed by atoms with van der Waals surface area (Å²) in [6, 6.07) is 7.62. The van der Waals surface area contributed by atoms with E-state index in [1.165, 1.54) is 6.33 Å². The van der Waals surface area contributed by atoms with Gasteiger partial charge in [-0.3, -0.25) is 14.7 Å². The maximum absolute atomic E-state index is 14.2. The molecule has 34 heavy (non-hydrogen) atoms. The van der Waals surface area contributed by atoms with Crippen LogP contribution in [0.3, 0.4) is 0 Å². The summed E-state index contributed by atoms with van der Waals surface area (Å²) in [6.45, 7) is 5.45. The summed E-state index contributed by atoms with van der Waals surface area (Å²) < 4.78 is 55.5. The molecule has 0 bridgehead atoms. The molecule has 0 unspecified atom stereocenters. The van der Waals surface area contributed by atoms with Gasteiger partial charge in [-0.05, 0) is 50.6 Å². The molecule has 7 nitrogen and oxygen atoms in total. The average molecular weight is 482 g/mol. The summed E-state index contributed by atoms with van der Waals surface area (Å²) in [5, 5.41) is 0. The highest BCUT2D eigenvalue weighted by molar-refractivity contribution is 7.92. The molecule has 0 aliphatic heterocycles. The normalized spacial score (nSPS) is 11.4. The Labute approximate surface area is 196 Å². The molecule has 4 aromatic rings. The minimum atomic E-state index is -4.34. The van der Waals surface area contributed by atoms with Crippen molar-refractivity contribution in [3.63, 3.8) is 0 Å². The lowest BCUT2D eigenvalue weighted by atomic mass is 9.97. The highest BCUT2D eigenvalue weighted by atomic mass is 32.2. The quantitative estimate of drug-likeness (QED) is 0.422. The van der Waals surface area contributed by atoms with E-state index in [9.17, 15) is 17.2 Å².